The van der Waals surface area contributed by atoms with Crippen molar-refractivity contribution in [1.29, 1.82) is 0 Å². The Labute approximate surface area is 176 Å². The highest BCUT2D eigenvalue weighted by Gasteiger charge is 2.15. The normalized spacial score (nSPS) is 12.4. The van der Waals surface area contributed by atoms with E-state index < -0.39 is 0 Å². The molecule has 0 aliphatic carbocycles. The number of nitrogens with two attached hydrogens (primary N) is 1. The van der Waals surface area contributed by atoms with E-state index in [1.165, 1.54) is 39.0 Å². The van der Waals surface area contributed by atoms with Crippen molar-refractivity contribution in [3.05, 3.63) is 53.6 Å². The summed E-state index contributed by atoms with van der Waals surface area (Å²) in [6.07, 6.45) is 4.42. The summed E-state index contributed by atoms with van der Waals surface area (Å²) in [5.41, 5.74) is 13.7. The van der Waals surface area contributed by atoms with E-state index in [9.17, 15) is 0 Å². The zero-order chi connectivity index (χ0) is 20.8. The molecule has 1 aromatic heterocycles. The summed E-state index contributed by atoms with van der Waals surface area (Å²) in [5, 5.41) is 1.38. The van der Waals surface area contributed by atoms with Crippen LogP contribution < -0.4 is 10.6 Å². The van der Waals surface area contributed by atoms with Gasteiger partial charge >= 0.3 is 0 Å². The second kappa shape index (κ2) is 9.98. The number of aryl methyl sites for hydroxylation is 1. The van der Waals surface area contributed by atoms with Crippen molar-refractivity contribution in [2.45, 2.75) is 59.3 Å². The number of nitrogens with one attached hydrogen (secondary N) is 1. The van der Waals surface area contributed by atoms with Crippen LogP contribution in [0.4, 0.5) is 5.69 Å². The van der Waals surface area contributed by atoms with Crippen LogP contribution in [0.3, 0.4) is 0 Å². The van der Waals surface area contributed by atoms with Crippen LogP contribution in [0, 0.1) is 0 Å². The smallest absolute Gasteiger partial charge is 0.0497 e. The highest BCUT2D eigenvalue weighted by molar-refractivity contribution is 5.91. The van der Waals surface area contributed by atoms with E-state index in [0.29, 0.717) is 5.92 Å². The van der Waals surface area contributed by atoms with Gasteiger partial charge in [-0.2, -0.15) is 0 Å². The fourth-order valence-corrected chi connectivity index (χ4v) is 4.19. The molecule has 0 bridgehead atoms. The van der Waals surface area contributed by atoms with Crippen LogP contribution in [-0.2, 0) is 6.42 Å². The molecule has 1 atom stereocenters. The lowest BCUT2D eigenvalue weighted by Crippen LogP contribution is -2.21. The van der Waals surface area contributed by atoms with E-state index in [0.717, 1.165) is 45.3 Å². The number of aromatic amines is 1. The van der Waals surface area contributed by atoms with Gasteiger partial charge in [0.25, 0.3) is 0 Å². The van der Waals surface area contributed by atoms with Crippen LogP contribution >= 0.6 is 0 Å². The second-order valence-corrected chi connectivity index (χ2v) is 8.06. The maximum Gasteiger partial charge on any atom is 0.0497 e. The maximum atomic E-state index is 5.77. The van der Waals surface area contributed by atoms with Crippen LogP contribution in [0.25, 0.3) is 22.2 Å². The third-order valence-electron chi connectivity index (χ3n) is 6.28. The van der Waals surface area contributed by atoms with Gasteiger partial charge in [-0.25, -0.2) is 0 Å². The van der Waals surface area contributed by atoms with E-state index in [-0.39, 0.29) is 0 Å². The van der Waals surface area contributed by atoms with Gasteiger partial charge in [0.05, 0.1) is 0 Å². The van der Waals surface area contributed by atoms with Gasteiger partial charge in [0.1, 0.15) is 0 Å². The number of benzene rings is 2. The molecule has 29 heavy (non-hydrogen) atoms. The number of hydrogen-bond acceptors (Lipinski definition) is 2. The fraction of sp³-hybridized carbons (Fsp3) is 0.462. The first kappa shape index (κ1) is 21.4. The predicted octanol–water partition coefficient (Wildman–Crippen LogP) is 6.48. The van der Waals surface area contributed by atoms with E-state index in [1.807, 2.05) is 0 Å². The highest BCUT2D eigenvalue weighted by Crippen LogP contribution is 2.34. The molecule has 0 saturated carbocycles. The van der Waals surface area contributed by atoms with Crippen LogP contribution in [0.2, 0.25) is 0 Å². The highest BCUT2D eigenvalue weighted by atomic mass is 15.1. The molecule has 3 nitrogen and oxygen atoms in total. The average molecular weight is 392 g/mol. The molecule has 0 saturated heterocycles. The number of H-pyrrole nitrogens is 1. The Morgan fingerprint density at radius 2 is 1.69 bits per heavy atom. The Balaban J connectivity index is 2.04. The van der Waals surface area contributed by atoms with E-state index in [4.69, 9.17) is 5.73 Å². The molecule has 3 heteroatoms. The maximum absolute atomic E-state index is 5.77. The van der Waals surface area contributed by atoms with Crippen molar-refractivity contribution in [2.75, 3.05) is 24.5 Å². The summed E-state index contributed by atoms with van der Waals surface area (Å²) in [4.78, 5) is 6.11. The predicted molar refractivity (Wildman–Crippen MR) is 128 cm³/mol. The minimum Gasteiger partial charge on any atom is -0.372 e. The number of anilines is 1. The molecule has 3 rings (SSSR count). The van der Waals surface area contributed by atoms with Crippen LogP contribution in [0.15, 0.2) is 42.5 Å². The Hall–Kier alpha value is -2.26. The van der Waals surface area contributed by atoms with Gasteiger partial charge in [-0.05, 0) is 92.9 Å². The van der Waals surface area contributed by atoms with Crippen molar-refractivity contribution in [1.82, 2.24) is 4.98 Å². The monoisotopic (exact) mass is 391 g/mol. The molecule has 3 aromatic rings. The van der Waals surface area contributed by atoms with Crippen molar-refractivity contribution >= 4 is 16.6 Å². The number of hydrogen-bond donors (Lipinski definition) is 2. The number of nitrogens with zero attached hydrogens (tertiary/aromatic N) is 1. The van der Waals surface area contributed by atoms with Crippen molar-refractivity contribution in [3.63, 3.8) is 0 Å². The summed E-state index contributed by atoms with van der Waals surface area (Å²) in [6.45, 7) is 11.8. The zero-order valence-electron chi connectivity index (χ0n) is 18.6. The molecular weight excluding hydrogens is 354 g/mol. The molecular formula is C26H37N3. The van der Waals surface area contributed by atoms with Crippen LogP contribution in [0.1, 0.15) is 64.0 Å². The van der Waals surface area contributed by atoms with Gasteiger partial charge in [-0.3, -0.25) is 0 Å². The lowest BCUT2D eigenvalue weighted by Gasteiger charge is -2.21. The van der Waals surface area contributed by atoms with Crippen molar-refractivity contribution < 1.29 is 0 Å². The number of rotatable bonds is 10. The van der Waals surface area contributed by atoms with Gasteiger partial charge in [-0.1, -0.05) is 32.0 Å². The van der Waals surface area contributed by atoms with Gasteiger partial charge < -0.3 is 15.6 Å². The topological polar surface area (TPSA) is 45.0 Å². The first-order valence-corrected chi connectivity index (χ1v) is 11.3. The Kier molecular flexibility index (Phi) is 7.38. The Morgan fingerprint density at radius 1 is 0.966 bits per heavy atom. The summed E-state index contributed by atoms with van der Waals surface area (Å²) in [7, 11) is 0. The molecule has 0 aliphatic rings. The van der Waals surface area contributed by atoms with E-state index in [2.05, 4.69) is 80.0 Å². The van der Waals surface area contributed by atoms with Gasteiger partial charge in [-0.15, -0.1) is 0 Å². The van der Waals surface area contributed by atoms with Gasteiger partial charge in [0.15, 0.2) is 0 Å². The summed E-state index contributed by atoms with van der Waals surface area (Å²) >= 11 is 0. The van der Waals surface area contributed by atoms with Crippen LogP contribution in [0.5, 0.6) is 0 Å². The summed E-state index contributed by atoms with van der Waals surface area (Å²) in [5.74, 6) is 0.586. The van der Waals surface area contributed by atoms with Gasteiger partial charge in [0.2, 0.25) is 0 Å². The van der Waals surface area contributed by atoms with Gasteiger partial charge in [0, 0.05) is 35.4 Å². The minimum atomic E-state index is 0.586. The molecule has 1 unspecified atom stereocenters. The van der Waals surface area contributed by atoms with Crippen LogP contribution in [-0.4, -0.2) is 24.6 Å². The minimum absolute atomic E-state index is 0.586. The first-order chi connectivity index (χ1) is 14.1. The number of fused-ring (bicyclic) bond motifs is 1. The molecule has 1 heterocycles. The second-order valence-electron chi connectivity index (χ2n) is 8.06. The molecule has 0 radical (unpaired) electrons. The number of unbranched alkanes of at least 4 members (excludes halogenated alkanes) is 1. The standard InChI is InChI=1S/C26H37N3/c1-5-19(4)21-13-16-25-24(18-21)23(10-8-9-17-27)26(28-25)20-11-14-22(15-12-20)29(6-2)7-3/h11-16,18-19,28H,5-10,17,27H2,1-4H3. The largest absolute Gasteiger partial charge is 0.372 e. The molecule has 0 aliphatic heterocycles. The average Bonchev–Trinajstić information content (AvgIpc) is 3.12. The SMILES string of the molecule is CCC(C)c1ccc2[nH]c(-c3ccc(N(CC)CC)cc3)c(CCCCN)c2c1. The number of aromatic nitrogens is 1. The molecule has 0 amide bonds. The quantitative estimate of drug-likeness (QED) is 0.389. The third-order valence-corrected chi connectivity index (χ3v) is 6.28. The molecule has 0 spiro atoms. The Morgan fingerprint density at radius 3 is 2.31 bits per heavy atom. The molecule has 3 N–H and O–H groups in total. The Bertz CT molecular complexity index is 904. The first-order valence-electron chi connectivity index (χ1n) is 11.3. The summed E-state index contributed by atoms with van der Waals surface area (Å²) in [6, 6.07) is 16.0. The van der Waals surface area contributed by atoms with E-state index >= 15 is 0 Å². The molecule has 156 valence electrons. The summed E-state index contributed by atoms with van der Waals surface area (Å²) < 4.78 is 0. The molecule has 0 fully saturated rings. The van der Waals surface area contributed by atoms with Crippen molar-refractivity contribution in [3.8, 4) is 11.3 Å². The zero-order valence-corrected chi connectivity index (χ0v) is 18.6. The fourth-order valence-electron chi connectivity index (χ4n) is 4.19. The lowest BCUT2D eigenvalue weighted by molar-refractivity contribution is 0.734. The van der Waals surface area contributed by atoms with E-state index in [1.54, 1.807) is 0 Å². The lowest BCUT2D eigenvalue weighted by atomic mass is 9.94. The van der Waals surface area contributed by atoms with Crippen molar-refractivity contribution in [2.24, 2.45) is 5.73 Å². The third kappa shape index (κ3) is 4.67. The molecule has 2 aromatic carbocycles.